The average molecular weight is 320 g/mol. The van der Waals surface area contributed by atoms with E-state index in [0.29, 0.717) is 6.04 Å². The molecule has 1 unspecified atom stereocenters. The zero-order chi connectivity index (χ0) is 15.5. The topological polar surface area (TPSA) is 32.5 Å². The molecule has 3 rings (SSSR count). The number of rotatable bonds is 4. The molecule has 0 saturated carbocycles. The van der Waals surface area contributed by atoms with Gasteiger partial charge in [-0.25, -0.2) is 0 Å². The number of aryl methyl sites for hydroxylation is 1. The number of benzene rings is 1. The van der Waals surface area contributed by atoms with E-state index >= 15 is 0 Å². The standard InChI is InChI=1S/C17H22ClN3O/c1-13-10-17(22-19-13)11-14(2)20-6-8-21(9-7-20)16-5-3-4-15(18)12-16/h3-5,10,12,14H,6-9,11H2,1-2H3. The largest absolute Gasteiger partial charge is 0.369 e. The van der Waals surface area contributed by atoms with E-state index in [-0.39, 0.29) is 0 Å². The van der Waals surface area contributed by atoms with Crippen molar-refractivity contribution in [3.8, 4) is 0 Å². The van der Waals surface area contributed by atoms with Gasteiger partial charge < -0.3 is 9.42 Å². The average Bonchev–Trinajstić information content (AvgIpc) is 2.92. The van der Waals surface area contributed by atoms with Gasteiger partial charge in [0.1, 0.15) is 5.76 Å². The molecule has 1 atom stereocenters. The Hall–Kier alpha value is -1.52. The maximum atomic E-state index is 6.08. The van der Waals surface area contributed by atoms with Crippen molar-refractivity contribution in [1.29, 1.82) is 0 Å². The predicted molar refractivity (Wildman–Crippen MR) is 89.6 cm³/mol. The molecule has 22 heavy (non-hydrogen) atoms. The highest BCUT2D eigenvalue weighted by Gasteiger charge is 2.22. The molecule has 1 aromatic carbocycles. The molecular formula is C17H22ClN3O. The molecule has 0 radical (unpaired) electrons. The molecule has 1 saturated heterocycles. The first-order chi connectivity index (χ1) is 10.6. The number of anilines is 1. The van der Waals surface area contributed by atoms with E-state index in [1.165, 1.54) is 5.69 Å². The van der Waals surface area contributed by atoms with Crippen molar-refractivity contribution in [1.82, 2.24) is 10.1 Å². The lowest BCUT2D eigenvalue weighted by molar-refractivity contribution is 0.187. The van der Waals surface area contributed by atoms with Crippen LogP contribution in [0.25, 0.3) is 0 Å². The number of aromatic nitrogens is 1. The first-order valence-electron chi connectivity index (χ1n) is 7.78. The van der Waals surface area contributed by atoms with Crippen LogP contribution < -0.4 is 4.90 Å². The zero-order valence-corrected chi connectivity index (χ0v) is 13.9. The van der Waals surface area contributed by atoms with Crippen molar-refractivity contribution < 1.29 is 4.52 Å². The van der Waals surface area contributed by atoms with Crippen LogP contribution in [0.2, 0.25) is 5.02 Å². The third kappa shape index (κ3) is 3.62. The van der Waals surface area contributed by atoms with Crippen LogP contribution in [0.4, 0.5) is 5.69 Å². The molecule has 2 heterocycles. The molecular weight excluding hydrogens is 298 g/mol. The lowest BCUT2D eigenvalue weighted by Crippen LogP contribution is -2.50. The number of hydrogen-bond acceptors (Lipinski definition) is 4. The summed E-state index contributed by atoms with van der Waals surface area (Å²) in [4.78, 5) is 4.91. The summed E-state index contributed by atoms with van der Waals surface area (Å²) >= 11 is 6.08. The van der Waals surface area contributed by atoms with Gasteiger partial charge in [0.25, 0.3) is 0 Å². The molecule has 4 nitrogen and oxygen atoms in total. The smallest absolute Gasteiger partial charge is 0.138 e. The molecule has 1 aliphatic rings. The summed E-state index contributed by atoms with van der Waals surface area (Å²) < 4.78 is 5.33. The van der Waals surface area contributed by atoms with E-state index in [2.05, 4.69) is 27.9 Å². The van der Waals surface area contributed by atoms with Crippen LogP contribution in [0.5, 0.6) is 0 Å². The van der Waals surface area contributed by atoms with E-state index in [0.717, 1.165) is 49.1 Å². The van der Waals surface area contributed by atoms with Crippen LogP contribution in [0.15, 0.2) is 34.9 Å². The molecule has 5 heteroatoms. The number of halogens is 1. The normalized spacial score (nSPS) is 17.7. The SMILES string of the molecule is Cc1cc(CC(C)N2CCN(c3cccc(Cl)c3)CC2)on1. The summed E-state index contributed by atoms with van der Waals surface area (Å²) in [6.45, 7) is 8.39. The number of nitrogens with zero attached hydrogens (tertiary/aromatic N) is 3. The maximum Gasteiger partial charge on any atom is 0.138 e. The zero-order valence-electron chi connectivity index (χ0n) is 13.1. The second-order valence-electron chi connectivity index (χ2n) is 5.99. The molecule has 0 bridgehead atoms. The van der Waals surface area contributed by atoms with Gasteiger partial charge in [0.15, 0.2) is 0 Å². The summed E-state index contributed by atoms with van der Waals surface area (Å²) in [5.74, 6) is 0.974. The lowest BCUT2D eigenvalue weighted by Gasteiger charge is -2.39. The Balaban J connectivity index is 1.55. The van der Waals surface area contributed by atoms with Crippen molar-refractivity contribution >= 4 is 17.3 Å². The van der Waals surface area contributed by atoms with Gasteiger partial charge in [-0.1, -0.05) is 22.8 Å². The van der Waals surface area contributed by atoms with Crippen LogP contribution in [-0.2, 0) is 6.42 Å². The van der Waals surface area contributed by atoms with Crippen LogP contribution in [0.3, 0.4) is 0 Å². The Morgan fingerprint density at radius 3 is 2.64 bits per heavy atom. The van der Waals surface area contributed by atoms with Crippen LogP contribution in [0, 0.1) is 6.92 Å². The van der Waals surface area contributed by atoms with Gasteiger partial charge in [-0.15, -0.1) is 0 Å². The van der Waals surface area contributed by atoms with Gasteiger partial charge >= 0.3 is 0 Å². The fourth-order valence-electron chi connectivity index (χ4n) is 3.03. The monoisotopic (exact) mass is 319 g/mol. The Bertz CT molecular complexity index is 620. The van der Waals surface area contributed by atoms with Crippen LogP contribution in [0.1, 0.15) is 18.4 Å². The molecule has 118 valence electrons. The lowest BCUT2D eigenvalue weighted by atomic mass is 10.1. The quantitative estimate of drug-likeness (QED) is 0.864. The minimum absolute atomic E-state index is 0.467. The van der Waals surface area contributed by atoms with Gasteiger partial charge in [0.05, 0.1) is 5.69 Å². The van der Waals surface area contributed by atoms with Gasteiger partial charge in [-0.2, -0.15) is 0 Å². The third-order valence-electron chi connectivity index (χ3n) is 4.28. The van der Waals surface area contributed by atoms with E-state index in [1.54, 1.807) is 0 Å². The minimum Gasteiger partial charge on any atom is -0.369 e. The Morgan fingerprint density at radius 1 is 1.23 bits per heavy atom. The molecule has 0 spiro atoms. The fourth-order valence-corrected chi connectivity index (χ4v) is 3.21. The van der Waals surface area contributed by atoms with Gasteiger partial charge in [-0.05, 0) is 32.0 Å². The summed E-state index contributed by atoms with van der Waals surface area (Å²) in [7, 11) is 0. The maximum absolute atomic E-state index is 6.08. The van der Waals surface area contributed by atoms with Crippen molar-refractivity contribution in [2.75, 3.05) is 31.1 Å². The summed E-state index contributed by atoms with van der Waals surface area (Å²) in [5, 5.41) is 4.76. The van der Waals surface area contributed by atoms with Gasteiger partial charge in [0.2, 0.25) is 0 Å². The molecule has 0 aliphatic carbocycles. The Kier molecular flexibility index (Phi) is 4.69. The fraction of sp³-hybridized carbons (Fsp3) is 0.471. The highest BCUT2D eigenvalue weighted by Crippen LogP contribution is 2.21. The van der Waals surface area contributed by atoms with Crippen LogP contribution >= 0.6 is 11.6 Å². The second kappa shape index (κ2) is 6.71. The van der Waals surface area contributed by atoms with Gasteiger partial charge in [-0.3, -0.25) is 4.90 Å². The number of piperazine rings is 1. The first-order valence-corrected chi connectivity index (χ1v) is 8.16. The van der Waals surface area contributed by atoms with E-state index in [4.69, 9.17) is 16.1 Å². The minimum atomic E-state index is 0.467. The number of hydrogen-bond donors (Lipinski definition) is 0. The van der Waals surface area contributed by atoms with E-state index in [1.807, 2.05) is 31.2 Å². The highest BCUT2D eigenvalue weighted by atomic mass is 35.5. The molecule has 0 N–H and O–H groups in total. The second-order valence-corrected chi connectivity index (χ2v) is 6.43. The third-order valence-corrected chi connectivity index (χ3v) is 4.52. The van der Waals surface area contributed by atoms with E-state index in [9.17, 15) is 0 Å². The molecule has 0 amide bonds. The Labute approximate surface area is 136 Å². The van der Waals surface area contributed by atoms with Crippen molar-refractivity contribution in [2.24, 2.45) is 0 Å². The Morgan fingerprint density at radius 2 is 2.00 bits per heavy atom. The molecule has 2 aromatic rings. The van der Waals surface area contributed by atoms with Crippen molar-refractivity contribution in [3.05, 3.63) is 46.8 Å². The first kappa shape index (κ1) is 15.4. The summed E-state index contributed by atoms with van der Waals surface area (Å²) in [6, 6.07) is 10.6. The highest BCUT2D eigenvalue weighted by molar-refractivity contribution is 6.30. The van der Waals surface area contributed by atoms with Crippen LogP contribution in [-0.4, -0.2) is 42.3 Å². The van der Waals surface area contributed by atoms with Crippen molar-refractivity contribution in [2.45, 2.75) is 26.3 Å². The van der Waals surface area contributed by atoms with Gasteiger partial charge in [0, 0.05) is 55.4 Å². The molecule has 1 aromatic heterocycles. The molecule has 1 aliphatic heterocycles. The van der Waals surface area contributed by atoms with E-state index < -0.39 is 0 Å². The summed E-state index contributed by atoms with van der Waals surface area (Å²) in [5.41, 5.74) is 2.17. The molecule has 1 fully saturated rings. The van der Waals surface area contributed by atoms with Crippen molar-refractivity contribution in [3.63, 3.8) is 0 Å². The summed E-state index contributed by atoms with van der Waals surface area (Å²) in [6.07, 6.45) is 0.915. The predicted octanol–water partition coefficient (Wildman–Crippen LogP) is 3.39.